The van der Waals surface area contributed by atoms with Crippen molar-refractivity contribution in [2.45, 2.75) is 0 Å². The van der Waals surface area contributed by atoms with Crippen LogP contribution >= 0.6 is 24.0 Å². The first-order valence-electron chi connectivity index (χ1n) is 5.37. The second-order valence-corrected chi connectivity index (χ2v) is 5.59. The van der Waals surface area contributed by atoms with E-state index in [0.717, 1.165) is 11.8 Å². The lowest BCUT2D eigenvalue weighted by Crippen LogP contribution is -2.17. The highest BCUT2D eigenvalue weighted by molar-refractivity contribution is 8.26. The van der Waals surface area contributed by atoms with Crippen molar-refractivity contribution in [1.29, 1.82) is 0 Å². The van der Waals surface area contributed by atoms with Crippen molar-refractivity contribution in [2.75, 3.05) is 6.79 Å². The predicted molar refractivity (Wildman–Crippen MR) is 75.5 cm³/mol. The van der Waals surface area contributed by atoms with Gasteiger partial charge in [-0.25, -0.2) is 0 Å². The van der Waals surface area contributed by atoms with Gasteiger partial charge in [-0.15, -0.1) is 0 Å². The third kappa shape index (κ3) is 2.21. The number of amides is 1. The van der Waals surface area contributed by atoms with Gasteiger partial charge in [0.1, 0.15) is 4.32 Å². The van der Waals surface area contributed by atoms with Gasteiger partial charge in [-0.3, -0.25) is 14.9 Å². The molecule has 1 amide bonds. The minimum absolute atomic E-state index is 0.0197. The summed E-state index contributed by atoms with van der Waals surface area (Å²) < 4.78 is 10.6. The van der Waals surface area contributed by atoms with E-state index in [4.69, 9.17) is 21.7 Å². The molecule has 20 heavy (non-hydrogen) atoms. The summed E-state index contributed by atoms with van der Waals surface area (Å²) in [5.74, 6) is 0.360. The molecule has 0 radical (unpaired) electrons. The molecule has 1 N–H and O–H groups in total. The molecule has 2 aliphatic rings. The number of fused-ring (bicyclic) bond motifs is 1. The number of benzene rings is 1. The van der Waals surface area contributed by atoms with E-state index < -0.39 is 4.92 Å². The zero-order chi connectivity index (χ0) is 14.3. The molecule has 1 fully saturated rings. The lowest BCUT2D eigenvalue weighted by molar-refractivity contribution is -0.385. The third-order valence-electron chi connectivity index (χ3n) is 2.65. The molecular formula is C11H6N2O5S2. The van der Waals surface area contributed by atoms with Crippen LogP contribution < -0.4 is 14.8 Å². The van der Waals surface area contributed by atoms with Crippen molar-refractivity contribution in [3.05, 3.63) is 32.7 Å². The van der Waals surface area contributed by atoms with Gasteiger partial charge in [0.2, 0.25) is 6.79 Å². The molecule has 0 spiro atoms. The fourth-order valence-corrected chi connectivity index (χ4v) is 2.82. The molecule has 2 aliphatic heterocycles. The average molecular weight is 310 g/mol. The monoisotopic (exact) mass is 310 g/mol. The molecule has 0 unspecified atom stereocenters. The minimum Gasteiger partial charge on any atom is -0.454 e. The summed E-state index contributed by atoms with van der Waals surface area (Å²) in [7, 11) is 0. The van der Waals surface area contributed by atoms with Crippen LogP contribution in [0.25, 0.3) is 6.08 Å². The van der Waals surface area contributed by atoms with Crippen molar-refractivity contribution >= 4 is 46.0 Å². The standard InChI is InChI=1S/C11H6N2O5S2/c14-10-9(20-11(19)12-10)2-5-1-7-8(18-4-17-7)3-6(5)13(15)16/h1-3H,4H2,(H,12,14,19)/b9-2+. The summed E-state index contributed by atoms with van der Waals surface area (Å²) in [4.78, 5) is 22.4. The molecule has 3 rings (SSSR count). The maximum Gasteiger partial charge on any atom is 0.280 e. The van der Waals surface area contributed by atoms with E-state index in [0.29, 0.717) is 20.7 Å². The van der Waals surface area contributed by atoms with Crippen LogP contribution in [0.1, 0.15) is 5.56 Å². The highest BCUT2D eigenvalue weighted by Gasteiger charge is 2.26. The topological polar surface area (TPSA) is 90.7 Å². The van der Waals surface area contributed by atoms with Crippen LogP contribution in [-0.2, 0) is 4.79 Å². The van der Waals surface area contributed by atoms with Gasteiger partial charge in [-0.2, -0.15) is 0 Å². The van der Waals surface area contributed by atoms with Gasteiger partial charge in [0.25, 0.3) is 11.6 Å². The van der Waals surface area contributed by atoms with E-state index in [9.17, 15) is 14.9 Å². The first-order valence-corrected chi connectivity index (χ1v) is 6.60. The SMILES string of the molecule is O=C1NC(=S)S/C1=C/c1cc2c(cc1[N+](=O)[O-])OCO2. The number of thioether (sulfide) groups is 1. The second-order valence-electron chi connectivity index (χ2n) is 3.87. The van der Waals surface area contributed by atoms with Gasteiger partial charge < -0.3 is 14.8 Å². The Labute approximate surface area is 122 Å². The molecule has 0 saturated carbocycles. The first kappa shape index (κ1) is 12.9. The molecule has 102 valence electrons. The number of thiocarbonyl (C=S) groups is 1. The number of nitro groups is 1. The number of ether oxygens (including phenoxy) is 2. The molecule has 2 heterocycles. The summed E-state index contributed by atoms with van der Waals surface area (Å²) in [6.07, 6.45) is 1.42. The smallest absolute Gasteiger partial charge is 0.280 e. The highest BCUT2D eigenvalue weighted by atomic mass is 32.2. The molecule has 1 aromatic rings. The normalized spacial score (nSPS) is 18.5. The van der Waals surface area contributed by atoms with Crippen molar-refractivity contribution < 1.29 is 19.2 Å². The van der Waals surface area contributed by atoms with Crippen molar-refractivity contribution in [2.24, 2.45) is 0 Å². The van der Waals surface area contributed by atoms with Crippen molar-refractivity contribution in [3.63, 3.8) is 0 Å². The molecule has 7 nitrogen and oxygen atoms in total. The van der Waals surface area contributed by atoms with Crippen molar-refractivity contribution in [3.8, 4) is 11.5 Å². The number of nitrogens with one attached hydrogen (secondary N) is 1. The van der Waals surface area contributed by atoms with Crippen LogP contribution in [0.15, 0.2) is 17.0 Å². The average Bonchev–Trinajstić information content (AvgIpc) is 2.94. The summed E-state index contributed by atoms with van der Waals surface area (Å²) in [5, 5.41) is 13.5. The fourth-order valence-electron chi connectivity index (χ4n) is 1.78. The van der Waals surface area contributed by atoms with Gasteiger partial charge in [0, 0.05) is 0 Å². The quantitative estimate of drug-likeness (QED) is 0.385. The minimum atomic E-state index is -0.538. The summed E-state index contributed by atoms with van der Waals surface area (Å²) >= 11 is 5.92. The first-order chi connectivity index (χ1) is 9.54. The lowest BCUT2D eigenvalue weighted by atomic mass is 10.1. The third-order valence-corrected chi connectivity index (χ3v) is 3.81. The van der Waals surface area contributed by atoms with Gasteiger partial charge in [-0.1, -0.05) is 24.0 Å². The fraction of sp³-hybridized carbons (Fsp3) is 0.0909. The zero-order valence-corrected chi connectivity index (χ0v) is 11.4. The summed E-state index contributed by atoms with van der Waals surface area (Å²) in [6, 6.07) is 2.76. The van der Waals surface area contributed by atoms with Crippen LogP contribution in [0.2, 0.25) is 0 Å². The lowest BCUT2D eigenvalue weighted by Gasteiger charge is -2.01. The van der Waals surface area contributed by atoms with Crippen LogP contribution in [0, 0.1) is 10.1 Å². The van der Waals surface area contributed by atoms with Gasteiger partial charge >= 0.3 is 0 Å². The number of carbonyl (C=O) groups is 1. The number of carbonyl (C=O) groups excluding carboxylic acids is 1. The van der Waals surface area contributed by atoms with E-state index in [2.05, 4.69) is 5.32 Å². The number of nitro benzene ring substituents is 1. The molecule has 0 atom stereocenters. The van der Waals surface area contributed by atoms with E-state index in [-0.39, 0.29) is 24.0 Å². The van der Waals surface area contributed by atoms with E-state index >= 15 is 0 Å². The molecule has 1 saturated heterocycles. The Hall–Kier alpha value is -2.13. The van der Waals surface area contributed by atoms with Crippen LogP contribution in [0.3, 0.4) is 0 Å². The van der Waals surface area contributed by atoms with E-state index in [1.807, 2.05) is 0 Å². The van der Waals surface area contributed by atoms with Gasteiger partial charge in [-0.05, 0) is 12.1 Å². The Kier molecular flexibility index (Phi) is 3.07. The Balaban J connectivity index is 2.09. The molecule has 0 bridgehead atoms. The summed E-state index contributed by atoms with van der Waals surface area (Å²) in [5.41, 5.74) is 0.106. The van der Waals surface area contributed by atoms with Crippen LogP contribution in [0.4, 0.5) is 5.69 Å². The Bertz CT molecular complexity index is 686. The maximum absolute atomic E-state index is 11.6. The molecule has 0 aromatic heterocycles. The number of rotatable bonds is 2. The Morgan fingerprint density at radius 1 is 1.40 bits per heavy atom. The highest BCUT2D eigenvalue weighted by Crippen LogP contribution is 2.39. The van der Waals surface area contributed by atoms with Crippen LogP contribution in [-0.4, -0.2) is 21.9 Å². The Morgan fingerprint density at radius 2 is 2.10 bits per heavy atom. The number of hydrogen-bond donors (Lipinski definition) is 1. The number of nitrogens with zero attached hydrogens (tertiary/aromatic N) is 1. The predicted octanol–water partition coefficient (Wildman–Crippen LogP) is 1.81. The van der Waals surface area contributed by atoms with Crippen molar-refractivity contribution in [1.82, 2.24) is 5.32 Å². The molecule has 1 aromatic carbocycles. The zero-order valence-electron chi connectivity index (χ0n) is 9.74. The number of hydrogen-bond acceptors (Lipinski definition) is 7. The molecular weight excluding hydrogens is 304 g/mol. The van der Waals surface area contributed by atoms with E-state index in [1.54, 1.807) is 0 Å². The second kappa shape index (κ2) is 4.76. The molecule has 9 heteroatoms. The molecule has 0 aliphatic carbocycles. The van der Waals surface area contributed by atoms with Gasteiger partial charge in [0.15, 0.2) is 11.5 Å². The van der Waals surface area contributed by atoms with E-state index in [1.165, 1.54) is 18.2 Å². The maximum atomic E-state index is 11.6. The van der Waals surface area contributed by atoms with Gasteiger partial charge in [0.05, 0.1) is 21.5 Å². The largest absolute Gasteiger partial charge is 0.454 e. The summed E-state index contributed by atoms with van der Waals surface area (Å²) in [6.45, 7) is 0.0197. The van der Waals surface area contributed by atoms with Crippen LogP contribution in [0.5, 0.6) is 11.5 Å². The Morgan fingerprint density at radius 3 is 2.70 bits per heavy atom.